The molecule has 0 unspecified atom stereocenters. The van der Waals surface area contributed by atoms with Crippen LogP contribution in [0.15, 0.2) is 146 Å². The molecule has 0 heterocycles. The summed E-state index contributed by atoms with van der Waals surface area (Å²) in [5.74, 6) is -3.62. The van der Waals surface area contributed by atoms with Crippen molar-refractivity contribution in [1.82, 2.24) is 0 Å². The number of fused-ring (bicyclic) bond motifs is 4. The standard InChI is InChI=1S/2C22H12F6O6S2/c2*23-21(24,25)35(29,30)33-17-11-9-13-5-1-3-7-15(13)19(17)20-16-8-4-2-6-14(16)10-12-18(20)34-36(31,32)22(26,27)28/h2*1-12H. The van der Waals surface area contributed by atoms with Crippen molar-refractivity contribution in [2.75, 3.05) is 0 Å². The van der Waals surface area contributed by atoms with Crippen LogP contribution in [0, 0.1) is 0 Å². The van der Waals surface area contributed by atoms with E-state index in [1.165, 1.54) is 97.1 Å². The number of halogens is 12. The molecule has 0 fully saturated rings. The summed E-state index contributed by atoms with van der Waals surface area (Å²) in [4.78, 5) is 0. The van der Waals surface area contributed by atoms with E-state index in [-0.39, 0.29) is 21.5 Å². The van der Waals surface area contributed by atoms with Crippen LogP contribution in [0.2, 0.25) is 0 Å². The molecule has 0 saturated carbocycles. The monoisotopic (exact) mass is 1100 g/mol. The van der Waals surface area contributed by atoms with Crippen molar-refractivity contribution >= 4 is 83.6 Å². The first-order chi connectivity index (χ1) is 33.2. The molecule has 0 saturated heterocycles. The third-order valence-corrected chi connectivity index (χ3v) is 13.9. The fourth-order valence-electron chi connectivity index (χ4n) is 6.98. The Bertz CT molecular complexity index is 3390. The van der Waals surface area contributed by atoms with Gasteiger partial charge in [-0.15, -0.1) is 0 Å². The molecule has 12 nitrogen and oxygen atoms in total. The van der Waals surface area contributed by atoms with E-state index in [1.54, 1.807) is 24.3 Å². The van der Waals surface area contributed by atoms with Crippen LogP contribution in [0.5, 0.6) is 23.0 Å². The quantitative estimate of drug-likeness (QED) is 0.0721. The summed E-state index contributed by atoms with van der Waals surface area (Å²) in [5.41, 5.74) is -25.0. The van der Waals surface area contributed by atoms with Gasteiger partial charge in [-0.05, 0) is 67.4 Å². The number of alkyl halides is 12. The van der Waals surface area contributed by atoms with Crippen LogP contribution in [-0.4, -0.2) is 55.7 Å². The number of hydrogen-bond donors (Lipinski definition) is 0. The topological polar surface area (TPSA) is 173 Å². The molecular weight excluding hydrogens is 1080 g/mol. The second-order valence-corrected chi connectivity index (χ2v) is 20.7. The summed E-state index contributed by atoms with van der Waals surface area (Å²) in [6, 6.07) is 31.8. The summed E-state index contributed by atoms with van der Waals surface area (Å²) in [6.07, 6.45) is 0. The smallest absolute Gasteiger partial charge is 0.375 e. The Balaban J connectivity index is 0.000000211. The highest BCUT2D eigenvalue weighted by atomic mass is 32.2. The summed E-state index contributed by atoms with van der Waals surface area (Å²) in [7, 11) is -24.9. The first-order valence-corrected chi connectivity index (χ1v) is 25.0. The Labute approximate surface area is 398 Å². The van der Waals surface area contributed by atoms with E-state index in [2.05, 4.69) is 16.7 Å². The molecule has 0 aliphatic heterocycles. The van der Waals surface area contributed by atoms with Crippen molar-refractivity contribution < 1.29 is 103 Å². The number of rotatable bonds is 10. The predicted octanol–water partition coefficient (Wildman–Crippen LogP) is 12.2. The highest BCUT2D eigenvalue weighted by molar-refractivity contribution is 7.88. The summed E-state index contributed by atoms with van der Waals surface area (Å²) < 4.78 is 269. The van der Waals surface area contributed by atoms with E-state index < -0.39 is 108 Å². The van der Waals surface area contributed by atoms with Gasteiger partial charge in [-0.25, -0.2) is 0 Å². The molecule has 0 aliphatic rings. The van der Waals surface area contributed by atoms with E-state index in [1.807, 2.05) is 0 Å². The van der Waals surface area contributed by atoms with Gasteiger partial charge in [-0.3, -0.25) is 0 Å². The van der Waals surface area contributed by atoms with Gasteiger partial charge in [-0.1, -0.05) is 121 Å². The Hall–Kier alpha value is -7.04. The zero-order valence-electron chi connectivity index (χ0n) is 34.9. The Morgan fingerprint density at radius 3 is 0.583 bits per heavy atom. The van der Waals surface area contributed by atoms with Crippen molar-refractivity contribution in [2.45, 2.75) is 22.0 Å². The van der Waals surface area contributed by atoms with Crippen molar-refractivity contribution in [1.29, 1.82) is 0 Å². The molecule has 0 amide bonds. The first-order valence-electron chi connectivity index (χ1n) is 19.4. The lowest BCUT2D eigenvalue weighted by Crippen LogP contribution is -2.28. The maximum atomic E-state index is 13.1. The fourth-order valence-corrected chi connectivity index (χ4v) is 8.86. The molecule has 0 atom stereocenters. The maximum absolute atomic E-state index is 13.1. The van der Waals surface area contributed by atoms with Gasteiger partial charge in [0.05, 0.1) is 0 Å². The second-order valence-electron chi connectivity index (χ2n) is 14.6. The van der Waals surface area contributed by atoms with Gasteiger partial charge in [0.25, 0.3) is 0 Å². The molecular formula is C44H24F12O12S4. The van der Waals surface area contributed by atoms with Crippen LogP contribution >= 0.6 is 0 Å². The molecule has 8 aromatic rings. The Morgan fingerprint density at radius 1 is 0.250 bits per heavy atom. The lowest BCUT2D eigenvalue weighted by molar-refractivity contribution is -0.0505. The van der Waals surface area contributed by atoms with Gasteiger partial charge < -0.3 is 16.7 Å². The molecule has 28 heteroatoms. The minimum Gasteiger partial charge on any atom is -0.375 e. The summed E-state index contributed by atoms with van der Waals surface area (Å²) >= 11 is 0. The van der Waals surface area contributed by atoms with Gasteiger partial charge >= 0.3 is 62.5 Å². The lowest BCUT2D eigenvalue weighted by atomic mass is 9.92. The number of benzene rings is 8. The van der Waals surface area contributed by atoms with Crippen LogP contribution < -0.4 is 16.7 Å². The van der Waals surface area contributed by atoms with E-state index in [4.69, 9.17) is 0 Å². The van der Waals surface area contributed by atoms with Crippen molar-refractivity contribution in [3.63, 3.8) is 0 Å². The summed E-state index contributed by atoms with van der Waals surface area (Å²) in [6.45, 7) is 0. The molecule has 72 heavy (non-hydrogen) atoms. The predicted molar refractivity (Wildman–Crippen MR) is 236 cm³/mol. The minimum absolute atomic E-state index is 0.0537. The zero-order valence-corrected chi connectivity index (χ0v) is 38.2. The van der Waals surface area contributed by atoms with Crippen LogP contribution in [-0.2, 0) is 40.5 Å². The third kappa shape index (κ3) is 10.3. The van der Waals surface area contributed by atoms with Crippen molar-refractivity contribution in [3.05, 3.63) is 146 Å². The van der Waals surface area contributed by atoms with Crippen LogP contribution in [0.1, 0.15) is 0 Å². The average Bonchev–Trinajstić information content (AvgIpc) is 3.27. The summed E-state index contributed by atoms with van der Waals surface area (Å²) in [5, 5.41) is 1.55. The van der Waals surface area contributed by atoms with Gasteiger partial charge in [0.15, 0.2) is 23.0 Å². The SMILES string of the molecule is O=S(=O)(Oc1ccc2ccccc2c1-c1c(OS(=O)(=O)C(F)(F)F)ccc2ccccc12)C(F)(F)F.O=S(=O)(Oc1ccc2ccccc2c1-c1c(OS(=O)(=O)C(F)(F)F)ccc2ccccc12)C(F)(F)F. The zero-order chi connectivity index (χ0) is 53.0. The lowest BCUT2D eigenvalue weighted by Gasteiger charge is -2.19. The van der Waals surface area contributed by atoms with E-state index in [9.17, 15) is 86.4 Å². The number of hydrogen-bond acceptors (Lipinski definition) is 12. The molecule has 8 aromatic carbocycles. The van der Waals surface area contributed by atoms with Gasteiger partial charge in [-0.2, -0.15) is 86.4 Å². The molecule has 380 valence electrons. The first kappa shape index (κ1) is 52.8. The minimum atomic E-state index is -6.21. The second kappa shape index (κ2) is 18.5. The molecule has 0 aliphatic carbocycles. The van der Waals surface area contributed by atoms with Crippen LogP contribution in [0.3, 0.4) is 0 Å². The molecule has 0 radical (unpaired) electrons. The van der Waals surface area contributed by atoms with Gasteiger partial charge in [0.1, 0.15) is 0 Å². The van der Waals surface area contributed by atoms with Crippen LogP contribution in [0.4, 0.5) is 52.7 Å². The highest BCUT2D eigenvalue weighted by Crippen LogP contribution is 2.49. The van der Waals surface area contributed by atoms with Crippen molar-refractivity contribution in [2.24, 2.45) is 0 Å². The third-order valence-electron chi connectivity index (χ3n) is 10.00. The van der Waals surface area contributed by atoms with Gasteiger partial charge in [0.2, 0.25) is 0 Å². The van der Waals surface area contributed by atoms with E-state index in [0.717, 1.165) is 24.3 Å². The molecule has 0 spiro atoms. The average molecular weight is 1100 g/mol. The van der Waals surface area contributed by atoms with Crippen molar-refractivity contribution in [3.8, 4) is 45.3 Å². The molecule has 0 N–H and O–H groups in total. The largest absolute Gasteiger partial charge is 0.534 e. The Morgan fingerprint density at radius 2 is 0.417 bits per heavy atom. The normalized spacial score (nSPS) is 13.2. The molecule has 0 bridgehead atoms. The molecule has 8 rings (SSSR count). The van der Waals surface area contributed by atoms with Crippen LogP contribution in [0.25, 0.3) is 65.3 Å². The highest BCUT2D eigenvalue weighted by Gasteiger charge is 2.52. The fraction of sp³-hybridized carbons (Fsp3) is 0.0909. The van der Waals surface area contributed by atoms with E-state index in [0.29, 0.717) is 21.5 Å². The van der Waals surface area contributed by atoms with Gasteiger partial charge in [0, 0.05) is 22.3 Å². The maximum Gasteiger partial charge on any atom is 0.534 e. The van der Waals surface area contributed by atoms with E-state index >= 15 is 0 Å². The molecule has 0 aromatic heterocycles. The Kier molecular flexibility index (Phi) is 13.6.